The van der Waals surface area contributed by atoms with Crippen LogP contribution >= 0.6 is 23.2 Å². The Morgan fingerprint density at radius 2 is 1.88 bits per heavy atom. The lowest BCUT2D eigenvalue weighted by Gasteiger charge is -2.29. The van der Waals surface area contributed by atoms with Gasteiger partial charge in [0.25, 0.3) is 5.91 Å². The number of aliphatic carboxylic acids is 1. The van der Waals surface area contributed by atoms with Crippen LogP contribution in [0, 0.1) is 0 Å². The van der Waals surface area contributed by atoms with Crippen LogP contribution in [0.25, 0.3) is 6.08 Å². The quantitative estimate of drug-likeness (QED) is 0.261. The van der Waals surface area contributed by atoms with Gasteiger partial charge in [-0.05, 0) is 64.5 Å². The molecule has 0 saturated heterocycles. The number of carbonyl (C=O) groups is 3. The summed E-state index contributed by atoms with van der Waals surface area (Å²) in [5.74, 6) is -2.34. The van der Waals surface area contributed by atoms with Crippen LogP contribution < -0.4 is 5.32 Å². The molecule has 2 amide bonds. The number of hydrogen-bond acceptors (Lipinski definition) is 6. The molecule has 0 bridgehead atoms. The summed E-state index contributed by atoms with van der Waals surface area (Å²) < 4.78 is 22.5. The lowest BCUT2D eigenvalue weighted by molar-refractivity contribution is -0.139. The number of nitrogens with zero attached hydrogens (tertiary/aromatic N) is 1. The predicted octanol–water partition coefficient (Wildman–Crippen LogP) is 3.96. The van der Waals surface area contributed by atoms with Crippen molar-refractivity contribution >= 4 is 58.1 Å². The zero-order valence-corrected chi connectivity index (χ0v) is 23.1. The van der Waals surface area contributed by atoms with Crippen molar-refractivity contribution in [3.05, 3.63) is 98.5 Å². The molecule has 208 valence electrons. The summed E-state index contributed by atoms with van der Waals surface area (Å²) in [5, 5.41) is 22.1. The second kappa shape index (κ2) is 12.6. The standard InChI is InChI=1S/C28H24Cl2N2O7S/c29-21-14-18-15-32(24(34)9-8-17-5-1-2-7-23(17)33)11-10-20(18)26(30)25(21)27(35)31-22(28(36)37)13-16-4-3-6-19(12-16)40(38)39/h1-9,12,14,22,33H,10-11,13,15H2,(H,31,35)(H,36,37)(H,38,39)/p-1. The third kappa shape index (κ3) is 6.71. The molecule has 0 aliphatic carbocycles. The van der Waals surface area contributed by atoms with Crippen molar-refractivity contribution in [1.29, 1.82) is 0 Å². The van der Waals surface area contributed by atoms with Gasteiger partial charge in [0, 0.05) is 36.0 Å². The van der Waals surface area contributed by atoms with Crippen molar-refractivity contribution in [3.8, 4) is 5.75 Å². The number of fused-ring (bicyclic) bond motifs is 1. The number of amides is 2. The molecule has 12 heteroatoms. The molecule has 1 aliphatic heterocycles. The third-order valence-corrected chi connectivity index (χ3v) is 7.77. The van der Waals surface area contributed by atoms with Crippen molar-refractivity contribution in [2.75, 3.05) is 6.54 Å². The lowest BCUT2D eigenvalue weighted by atomic mass is 9.96. The molecule has 0 saturated carbocycles. The van der Waals surface area contributed by atoms with Gasteiger partial charge in [-0.2, -0.15) is 0 Å². The minimum absolute atomic E-state index is 0.00466. The largest absolute Gasteiger partial charge is 0.768 e. The van der Waals surface area contributed by atoms with Gasteiger partial charge in [-0.3, -0.25) is 13.8 Å². The first-order valence-electron chi connectivity index (χ1n) is 12.0. The third-order valence-electron chi connectivity index (χ3n) is 6.42. The summed E-state index contributed by atoms with van der Waals surface area (Å²) in [5.41, 5.74) is 2.10. The molecule has 9 nitrogen and oxygen atoms in total. The van der Waals surface area contributed by atoms with E-state index in [-0.39, 0.29) is 45.1 Å². The number of carboxylic acid groups (broad SMARTS) is 1. The fraction of sp³-hybridized carbons (Fsp3) is 0.179. The topological polar surface area (TPSA) is 147 Å². The van der Waals surface area contributed by atoms with E-state index in [1.165, 1.54) is 42.5 Å². The zero-order chi connectivity index (χ0) is 29.0. The summed E-state index contributed by atoms with van der Waals surface area (Å²) in [6, 6.07) is 12.5. The molecule has 2 atom stereocenters. The highest BCUT2D eigenvalue weighted by Crippen LogP contribution is 2.35. The summed E-state index contributed by atoms with van der Waals surface area (Å²) in [4.78, 5) is 39.4. The van der Waals surface area contributed by atoms with Crippen molar-refractivity contribution in [1.82, 2.24) is 10.2 Å². The molecule has 0 aromatic heterocycles. The monoisotopic (exact) mass is 601 g/mol. The first-order chi connectivity index (χ1) is 19.0. The molecule has 3 N–H and O–H groups in total. The Labute approximate surface area is 242 Å². The molecule has 3 aromatic rings. The highest BCUT2D eigenvalue weighted by atomic mass is 35.5. The van der Waals surface area contributed by atoms with E-state index in [9.17, 15) is 33.4 Å². The average Bonchev–Trinajstić information content (AvgIpc) is 2.91. The van der Waals surface area contributed by atoms with E-state index >= 15 is 0 Å². The minimum Gasteiger partial charge on any atom is -0.768 e. The van der Waals surface area contributed by atoms with Gasteiger partial charge < -0.3 is 25.0 Å². The maximum atomic E-state index is 13.1. The number of aromatic hydroxyl groups is 1. The van der Waals surface area contributed by atoms with E-state index in [1.807, 2.05) is 0 Å². The van der Waals surface area contributed by atoms with Gasteiger partial charge in [0.1, 0.15) is 11.8 Å². The molecule has 1 aliphatic rings. The van der Waals surface area contributed by atoms with Gasteiger partial charge in [-0.1, -0.05) is 53.5 Å². The molecule has 1 heterocycles. The van der Waals surface area contributed by atoms with Crippen LogP contribution in [0.5, 0.6) is 5.75 Å². The van der Waals surface area contributed by atoms with Crippen LogP contribution in [-0.4, -0.2) is 54.2 Å². The summed E-state index contributed by atoms with van der Waals surface area (Å²) in [6.07, 6.45) is 3.05. The first-order valence-corrected chi connectivity index (χ1v) is 13.8. The highest BCUT2D eigenvalue weighted by molar-refractivity contribution is 7.79. The number of benzene rings is 3. The number of phenolic OH excluding ortho intramolecular Hbond substituents is 1. The Balaban J connectivity index is 1.50. The summed E-state index contributed by atoms with van der Waals surface area (Å²) in [6.45, 7) is 0.504. The van der Waals surface area contributed by atoms with E-state index in [4.69, 9.17) is 23.2 Å². The molecule has 0 radical (unpaired) electrons. The number of carbonyl (C=O) groups excluding carboxylic acids is 2. The number of carboxylic acids is 1. The predicted molar refractivity (Wildman–Crippen MR) is 149 cm³/mol. The maximum absolute atomic E-state index is 13.1. The Morgan fingerprint density at radius 1 is 1.12 bits per heavy atom. The molecule has 40 heavy (non-hydrogen) atoms. The lowest BCUT2D eigenvalue weighted by Crippen LogP contribution is -2.42. The molecule has 4 rings (SSSR count). The minimum atomic E-state index is -2.49. The SMILES string of the molecule is O=C(NC(Cc1cccc(S(=O)[O-])c1)C(=O)O)c1c(Cl)cc2c(c1Cl)CCN(C(=O)C=Cc1ccccc1O)C2. The van der Waals surface area contributed by atoms with Gasteiger partial charge in [-0.25, -0.2) is 4.79 Å². The van der Waals surface area contributed by atoms with E-state index < -0.39 is 29.0 Å². The van der Waals surface area contributed by atoms with E-state index in [0.717, 1.165) is 0 Å². The second-order valence-corrected chi connectivity index (χ2v) is 10.8. The first kappa shape index (κ1) is 29.3. The molecule has 0 fully saturated rings. The van der Waals surface area contributed by atoms with E-state index in [1.54, 1.807) is 29.2 Å². The van der Waals surface area contributed by atoms with Crippen LogP contribution in [0.4, 0.5) is 0 Å². The second-order valence-electron chi connectivity index (χ2n) is 9.04. The highest BCUT2D eigenvalue weighted by Gasteiger charge is 2.29. The Morgan fingerprint density at radius 3 is 2.58 bits per heavy atom. The molecular weight excluding hydrogens is 579 g/mol. The molecule has 2 unspecified atom stereocenters. The summed E-state index contributed by atoms with van der Waals surface area (Å²) in [7, 11) is 0. The number of para-hydroxylation sites is 1. The normalized spacial score (nSPS) is 14.4. The number of nitrogens with one attached hydrogen (secondary N) is 1. The van der Waals surface area contributed by atoms with E-state index in [2.05, 4.69) is 5.32 Å². The van der Waals surface area contributed by atoms with E-state index in [0.29, 0.717) is 35.2 Å². The Hall–Kier alpha value is -3.70. The van der Waals surface area contributed by atoms with Gasteiger partial charge in [-0.15, -0.1) is 0 Å². The van der Waals surface area contributed by atoms with Crippen molar-refractivity contribution in [2.45, 2.75) is 30.3 Å². The van der Waals surface area contributed by atoms with Crippen LogP contribution in [0.1, 0.15) is 32.6 Å². The molecule has 3 aromatic carbocycles. The molecular formula is C28H23Cl2N2O7S-. The van der Waals surface area contributed by atoms with Gasteiger partial charge in [0.2, 0.25) is 5.91 Å². The van der Waals surface area contributed by atoms with Crippen LogP contribution in [0.15, 0.2) is 65.6 Å². The van der Waals surface area contributed by atoms with Crippen LogP contribution in [0.2, 0.25) is 10.0 Å². The number of halogens is 2. The number of rotatable bonds is 8. The van der Waals surface area contributed by atoms with Crippen molar-refractivity contribution in [3.63, 3.8) is 0 Å². The van der Waals surface area contributed by atoms with Crippen molar-refractivity contribution < 1.29 is 33.4 Å². The smallest absolute Gasteiger partial charge is 0.326 e. The van der Waals surface area contributed by atoms with Gasteiger partial charge >= 0.3 is 5.97 Å². The zero-order valence-electron chi connectivity index (χ0n) is 20.8. The fourth-order valence-corrected chi connectivity index (χ4v) is 5.59. The van der Waals surface area contributed by atoms with Gasteiger partial charge in [0.05, 0.1) is 15.6 Å². The van der Waals surface area contributed by atoms with Gasteiger partial charge in [0.15, 0.2) is 0 Å². The molecule has 0 spiro atoms. The fourth-order valence-electron chi connectivity index (χ4n) is 4.39. The Bertz CT molecular complexity index is 1540. The number of phenols is 1. The summed E-state index contributed by atoms with van der Waals surface area (Å²) >= 11 is 10.5. The van der Waals surface area contributed by atoms with Crippen molar-refractivity contribution in [2.24, 2.45) is 0 Å². The van der Waals surface area contributed by atoms with Crippen LogP contribution in [0.3, 0.4) is 0 Å². The number of hydrogen-bond donors (Lipinski definition) is 3. The van der Waals surface area contributed by atoms with Crippen LogP contribution in [-0.2, 0) is 40.1 Å². The average molecular weight is 602 g/mol. The maximum Gasteiger partial charge on any atom is 0.326 e. The Kier molecular flexibility index (Phi) is 9.26.